The topological polar surface area (TPSA) is 93.6 Å². The molecular formula is C24H15Cl3F6N2O5S. The maximum Gasteiger partial charge on any atom is 0.573 e. The van der Waals surface area contributed by atoms with E-state index in [0.29, 0.717) is 26.5 Å². The van der Waals surface area contributed by atoms with E-state index in [-0.39, 0.29) is 31.1 Å². The molecular weight excluding hydrogens is 649 g/mol. The molecule has 1 unspecified atom stereocenters. The molecule has 2 heterocycles. The molecule has 0 spiro atoms. The molecule has 17 heteroatoms. The van der Waals surface area contributed by atoms with E-state index in [1.165, 1.54) is 31.2 Å². The molecule has 0 aliphatic heterocycles. The number of aromatic nitrogens is 2. The number of H-pyrrole nitrogens is 1. The van der Waals surface area contributed by atoms with Crippen LogP contribution in [-0.2, 0) is 6.54 Å². The number of hydrogen-bond acceptors (Lipinski definition) is 6. The fourth-order valence-corrected chi connectivity index (χ4v) is 5.98. The van der Waals surface area contributed by atoms with Crippen molar-refractivity contribution in [2.24, 2.45) is 0 Å². The largest absolute Gasteiger partial charge is 0.573 e. The van der Waals surface area contributed by atoms with Crippen LogP contribution in [-0.4, -0.2) is 33.3 Å². The molecule has 7 nitrogen and oxygen atoms in total. The van der Waals surface area contributed by atoms with Crippen LogP contribution in [0, 0.1) is 0 Å². The molecule has 0 amide bonds. The van der Waals surface area contributed by atoms with Crippen molar-refractivity contribution in [3.05, 3.63) is 77.9 Å². The Morgan fingerprint density at radius 3 is 2.32 bits per heavy atom. The number of nitrogens with one attached hydrogen (secondary N) is 1. The van der Waals surface area contributed by atoms with Crippen molar-refractivity contribution in [2.45, 2.75) is 38.2 Å². The maximum absolute atomic E-state index is 13.3. The van der Waals surface area contributed by atoms with Gasteiger partial charge in [0.2, 0.25) is 0 Å². The number of rotatable bonds is 7. The number of nitrogens with zero attached hydrogens (tertiary/aromatic N) is 1. The smallest absolute Gasteiger partial charge is 0.482 e. The zero-order valence-corrected chi connectivity index (χ0v) is 23.2. The fraction of sp³-hybridized carbons (Fsp3) is 0.250. The van der Waals surface area contributed by atoms with Gasteiger partial charge in [-0.15, -0.1) is 24.5 Å². The first-order chi connectivity index (χ1) is 19.0. The highest BCUT2D eigenvalue weighted by molar-refractivity contribution is 7.22. The Bertz CT molecular complexity index is 1730. The summed E-state index contributed by atoms with van der Waals surface area (Å²) in [4.78, 5) is 26.2. The van der Waals surface area contributed by atoms with Crippen LogP contribution in [0.3, 0.4) is 0 Å². The van der Waals surface area contributed by atoms with Crippen LogP contribution < -0.4 is 20.7 Å². The highest BCUT2D eigenvalue weighted by atomic mass is 35.5. The van der Waals surface area contributed by atoms with Crippen molar-refractivity contribution >= 4 is 56.4 Å². The van der Waals surface area contributed by atoms with E-state index in [1.54, 1.807) is 0 Å². The first-order valence-electron chi connectivity index (χ1n) is 11.2. The lowest BCUT2D eigenvalue weighted by atomic mass is 10.1. The van der Waals surface area contributed by atoms with Gasteiger partial charge in [-0.2, -0.15) is 13.2 Å². The van der Waals surface area contributed by atoms with Crippen LogP contribution >= 0.6 is 46.1 Å². The minimum absolute atomic E-state index is 0.0465. The summed E-state index contributed by atoms with van der Waals surface area (Å²) in [5.74, 6) is -1.16. The average Bonchev–Trinajstić information content (AvgIpc) is 3.18. The van der Waals surface area contributed by atoms with Gasteiger partial charge in [0.15, 0.2) is 17.6 Å². The van der Waals surface area contributed by atoms with E-state index in [4.69, 9.17) is 39.5 Å². The quantitative estimate of drug-likeness (QED) is 0.202. The van der Waals surface area contributed by atoms with Crippen molar-refractivity contribution in [2.75, 3.05) is 0 Å². The molecule has 0 saturated carbocycles. The first kappa shape index (κ1) is 31.0. The van der Waals surface area contributed by atoms with Crippen molar-refractivity contribution in [3.63, 3.8) is 0 Å². The minimum atomic E-state index is -5.16. The molecule has 0 fully saturated rings. The van der Waals surface area contributed by atoms with Crippen LogP contribution in [0.1, 0.15) is 18.6 Å². The number of hydrogen-bond donors (Lipinski definition) is 2. The summed E-state index contributed by atoms with van der Waals surface area (Å²) in [7, 11) is 0. The number of aromatic amines is 1. The van der Waals surface area contributed by atoms with E-state index < -0.39 is 53.7 Å². The Balaban J connectivity index is 1.82. The molecule has 41 heavy (non-hydrogen) atoms. The van der Waals surface area contributed by atoms with Crippen molar-refractivity contribution in [1.29, 1.82) is 0 Å². The number of aliphatic hydroxyl groups excluding tert-OH is 1. The number of ether oxygens (including phenoxy) is 2. The van der Waals surface area contributed by atoms with Gasteiger partial charge in [0.1, 0.15) is 10.9 Å². The lowest BCUT2D eigenvalue weighted by molar-refractivity contribution is -0.275. The summed E-state index contributed by atoms with van der Waals surface area (Å²) >= 11 is 19.0. The number of halogens is 9. The molecule has 4 aromatic rings. The summed E-state index contributed by atoms with van der Waals surface area (Å²) < 4.78 is 89.1. The van der Waals surface area contributed by atoms with E-state index in [0.717, 1.165) is 12.1 Å². The SMILES string of the molecule is C[C@@H](Oc1ccc(-c2sc3c(c2Cl)c(=O)[nH]c(=O)n3CC(O)C(F)(F)F)cc1OC(F)(F)F)c1ccc(Cl)cc1Cl. The Kier molecular flexibility index (Phi) is 8.63. The summed E-state index contributed by atoms with van der Waals surface area (Å²) in [6, 6.07) is 7.76. The van der Waals surface area contributed by atoms with E-state index in [9.17, 15) is 41.0 Å². The molecule has 2 aromatic heterocycles. The van der Waals surface area contributed by atoms with Gasteiger partial charge in [0, 0.05) is 15.6 Å². The van der Waals surface area contributed by atoms with Crippen molar-refractivity contribution in [3.8, 4) is 21.9 Å². The predicted molar refractivity (Wildman–Crippen MR) is 141 cm³/mol. The van der Waals surface area contributed by atoms with Crippen LogP contribution in [0.15, 0.2) is 46.0 Å². The normalized spacial score (nSPS) is 13.8. The molecule has 0 aliphatic rings. The Morgan fingerprint density at radius 1 is 1.02 bits per heavy atom. The Labute approximate surface area is 244 Å². The monoisotopic (exact) mass is 662 g/mol. The third kappa shape index (κ3) is 6.78. The zero-order valence-electron chi connectivity index (χ0n) is 20.2. The second-order valence-corrected chi connectivity index (χ2v) is 10.7. The number of thiophene rings is 1. The summed E-state index contributed by atoms with van der Waals surface area (Å²) in [6.07, 6.45) is -14.1. The van der Waals surface area contributed by atoms with Gasteiger partial charge in [-0.05, 0) is 42.8 Å². The van der Waals surface area contributed by atoms with E-state index in [2.05, 4.69) is 4.74 Å². The lowest BCUT2D eigenvalue weighted by Crippen LogP contribution is -2.38. The third-order valence-corrected chi connectivity index (χ3v) is 7.95. The molecule has 2 N–H and O–H groups in total. The molecule has 0 bridgehead atoms. The molecule has 0 aliphatic carbocycles. The van der Waals surface area contributed by atoms with Gasteiger partial charge in [0.05, 0.1) is 21.8 Å². The number of fused-ring (bicyclic) bond motifs is 1. The lowest BCUT2D eigenvalue weighted by Gasteiger charge is -2.20. The number of aliphatic hydroxyl groups is 1. The average molecular weight is 664 g/mol. The van der Waals surface area contributed by atoms with Crippen molar-refractivity contribution < 1.29 is 40.9 Å². The maximum atomic E-state index is 13.3. The minimum Gasteiger partial charge on any atom is -0.482 e. The Hall–Kier alpha value is -2.91. The predicted octanol–water partition coefficient (Wildman–Crippen LogP) is 7.34. The Morgan fingerprint density at radius 2 is 1.71 bits per heavy atom. The molecule has 220 valence electrons. The van der Waals surface area contributed by atoms with E-state index >= 15 is 0 Å². The summed E-state index contributed by atoms with van der Waals surface area (Å²) in [5, 5.41) is 9.26. The highest BCUT2D eigenvalue weighted by Crippen LogP contribution is 2.45. The van der Waals surface area contributed by atoms with Gasteiger partial charge in [0.25, 0.3) is 5.56 Å². The number of alkyl halides is 6. The summed E-state index contributed by atoms with van der Waals surface area (Å²) in [6.45, 7) is 0.246. The van der Waals surface area contributed by atoms with Gasteiger partial charge in [-0.1, -0.05) is 40.9 Å². The standard InChI is InChI=1S/C24H15Cl3F6N2O5S/c1-9(12-4-3-11(25)7-13(12)26)39-14-5-2-10(6-15(14)40-24(31,32)33)19-18(27)17-20(37)34-22(38)35(21(17)41-19)8-16(36)23(28,29)30/h2-7,9,16,36H,8H2,1H3,(H,34,37,38)/t9-,16?/m1/s1. The van der Waals surface area contributed by atoms with E-state index in [1.807, 2.05) is 4.98 Å². The first-order valence-corrected chi connectivity index (χ1v) is 13.1. The van der Waals surface area contributed by atoms with Crippen LogP contribution in [0.4, 0.5) is 26.3 Å². The van der Waals surface area contributed by atoms with Crippen LogP contribution in [0.25, 0.3) is 20.7 Å². The number of benzene rings is 2. The van der Waals surface area contributed by atoms with Crippen LogP contribution in [0.5, 0.6) is 11.5 Å². The molecule has 0 radical (unpaired) electrons. The molecule has 0 saturated heterocycles. The second kappa shape index (κ2) is 11.4. The van der Waals surface area contributed by atoms with Gasteiger partial charge in [-0.3, -0.25) is 14.3 Å². The van der Waals surface area contributed by atoms with Gasteiger partial charge in [-0.25, -0.2) is 4.79 Å². The second-order valence-electron chi connectivity index (χ2n) is 8.49. The fourth-order valence-electron chi connectivity index (χ4n) is 3.77. The molecule has 2 aromatic carbocycles. The van der Waals surface area contributed by atoms with Crippen molar-refractivity contribution in [1.82, 2.24) is 9.55 Å². The zero-order chi connectivity index (χ0) is 30.4. The molecule has 4 rings (SSSR count). The van der Waals surface area contributed by atoms with Gasteiger partial charge < -0.3 is 14.6 Å². The summed E-state index contributed by atoms with van der Waals surface area (Å²) in [5.41, 5.74) is -1.94. The van der Waals surface area contributed by atoms with Crippen LogP contribution in [0.2, 0.25) is 15.1 Å². The molecule has 2 atom stereocenters. The van der Waals surface area contributed by atoms with Gasteiger partial charge >= 0.3 is 18.2 Å². The highest BCUT2D eigenvalue weighted by Gasteiger charge is 2.39. The third-order valence-electron chi connectivity index (χ3n) is 5.64.